The number of amides is 1. The summed E-state index contributed by atoms with van der Waals surface area (Å²) in [6.45, 7) is 5.53. The van der Waals surface area contributed by atoms with Gasteiger partial charge in [0.15, 0.2) is 0 Å². The lowest BCUT2D eigenvalue weighted by Gasteiger charge is -2.30. The van der Waals surface area contributed by atoms with Crippen molar-refractivity contribution in [1.82, 2.24) is 4.90 Å². The largest absolute Gasteiger partial charge is 0.322 e. The number of nitrogens with zero attached hydrogens (tertiary/aromatic N) is 1. The zero-order valence-electron chi connectivity index (χ0n) is 11.9. The second kappa shape index (κ2) is 7.19. The quantitative estimate of drug-likeness (QED) is 0.828. The van der Waals surface area contributed by atoms with Gasteiger partial charge in [-0.15, -0.1) is 0 Å². The van der Waals surface area contributed by atoms with E-state index in [0.717, 1.165) is 25.6 Å². The molecule has 1 saturated heterocycles. The third-order valence-electron chi connectivity index (χ3n) is 3.75. The molecule has 1 amide bonds. The lowest BCUT2D eigenvalue weighted by Crippen LogP contribution is -2.32. The second-order valence-corrected chi connectivity index (χ2v) is 7.89. The van der Waals surface area contributed by atoms with Crippen LogP contribution in [-0.2, 0) is 11.3 Å². The van der Waals surface area contributed by atoms with Crippen molar-refractivity contribution >= 4 is 46.4 Å². The van der Waals surface area contributed by atoms with Gasteiger partial charge < -0.3 is 5.32 Å². The van der Waals surface area contributed by atoms with E-state index in [1.807, 2.05) is 24.3 Å². The molecule has 0 bridgehead atoms. The van der Waals surface area contributed by atoms with Gasteiger partial charge in [-0.1, -0.05) is 53.9 Å². The number of rotatable bonds is 3. The maximum Gasteiger partial charge on any atom is 0.276 e. The van der Waals surface area contributed by atoms with Gasteiger partial charge in [-0.3, -0.25) is 9.69 Å². The van der Waals surface area contributed by atoms with Crippen LogP contribution < -0.4 is 5.32 Å². The van der Waals surface area contributed by atoms with Crippen LogP contribution in [0.2, 0.25) is 0 Å². The average Bonchev–Trinajstić information content (AvgIpc) is 2.42. The number of alkyl halides is 3. The van der Waals surface area contributed by atoms with Gasteiger partial charge in [0, 0.05) is 12.2 Å². The Morgan fingerprint density at radius 1 is 1.24 bits per heavy atom. The van der Waals surface area contributed by atoms with Crippen LogP contribution in [0.3, 0.4) is 0 Å². The van der Waals surface area contributed by atoms with Crippen molar-refractivity contribution in [3.63, 3.8) is 0 Å². The smallest absolute Gasteiger partial charge is 0.276 e. The maximum absolute atomic E-state index is 11.6. The number of nitrogens with one attached hydrogen (secondary N) is 1. The van der Waals surface area contributed by atoms with E-state index >= 15 is 0 Å². The minimum atomic E-state index is -1.94. The molecule has 0 atom stereocenters. The summed E-state index contributed by atoms with van der Waals surface area (Å²) in [4.78, 5) is 14.0. The fourth-order valence-electron chi connectivity index (χ4n) is 2.37. The van der Waals surface area contributed by atoms with Crippen molar-refractivity contribution in [1.29, 1.82) is 0 Å². The van der Waals surface area contributed by atoms with Gasteiger partial charge in [0.2, 0.25) is 0 Å². The highest BCUT2D eigenvalue weighted by atomic mass is 35.6. The van der Waals surface area contributed by atoms with Crippen LogP contribution in [0, 0.1) is 5.92 Å². The van der Waals surface area contributed by atoms with E-state index in [1.54, 1.807) is 0 Å². The van der Waals surface area contributed by atoms with Gasteiger partial charge in [0.1, 0.15) is 0 Å². The second-order valence-electron chi connectivity index (χ2n) is 5.61. The Bertz CT molecular complexity index is 477. The average molecular weight is 350 g/mol. The van der Waals surface area contributed by atoms with Gasteiger partial charge in [0.05, 0.1) is 0 Å². The first-order valence-electron chi connectivity index (χ1n) is 7.04. The van der Waals surface area contributed by atoms with E-state index < -0.39 is 9.70 Å². The molecular weight excluding hydrogens is 331 g/mol. The van der Waals surface area contributed by atoms with Crippen LogP contribution in [0.1, 0.15) is 25.3 Å². The van der Waals surface area contributed by atoms with Gasteiger partial charge in [-0.25, -0.2) is 0 Å². The summed E-state index contributed by atoms with van der Waals surface area (Å²) in [5, 5.41) is 2.57. The molecule has 1 heterocycles. The molecule has 21 heavy (non-hydrogen) atoms. The summed E-state index contributed by atoms with van der Waals surface area (Å²) in [6.07, 6.45) is 2.52. The van der Waals surface area contributed by atoms with Crippen LogP contribution in [0.25, 0.3) is 0 Å². The van der Waals surface area contributed by atoms with E-state index in [-0.39, 0.29) is 0 Å². The number of hydrogen-bond donors (Lipinski definition) is 1. The highest BCUT2D eigenvalue weighted by molar-refractivity contribution is 6.76. The Kier molecular flexibility index (Phi) is 5.78. The Balaban J connectivity index is 1.89. The normalized spacial score (nSPS) is 17.7. The molecule has 116 valence electrons. The molecule has 0 unspecified atom stereocenters. The number of benzene rings is 1. The van der Waals surface area contributed by atoms with Crippen molar-refractivity contribution < 1.29 is 4.79 Å². The molecular formula is C15H19Cl3N2O. The number of anilines is 1. The Labute approximate surface area is 140 Å². The first-order chi connectivity index (χ1) is 9.84. The number of halogens is 3. The van der Waals surface area contributed by atoms with Crippen molar-refractivity contribution in [2.75, 3.05) is 18.4 Å². The maximum atomic E-state index is 11.6. The summed E-state index contributed by atoms with van der Waals surface area (Å²) >= 11 is 16.6. The minimum Gasteiger partial charge on any atom is -0.322 e. The molecule has 3 nitrogen and oxygen atoms in total. The summed E-state index contributed by atoms with van der Waals surface area (Å²) in [7, 11) is 0. The lowest BCUT2D eigenvalue weighted by molar-refractivity contribution is -0.115. The SMILES string of the molecule is CC1CCN(Cc2ccc(NC(=O)C(Cl)(Cl)Cl)cc2)CC1. The standard InChI is InChI=1S/C15H19Cl3N2O/c1-11-6-8-20(9-7-11)10-12-2-4-13(5-3-12)19-14(21)15(16,17)18/h2-5,11H,6-10H2,1H3,(H,19,21). The molecule has 0 aliphatic carbocycles. The number of likely N-dealkylation sites (tertiary alicyclic amines) is 1. The van der Waals surface area contributed by atoms with Crippen LogP contribution in [0.5, 0.6) is 0 Å². The molecule has 1 aromatic carbocycles. The fraction of sp³-hybridized carbons (Fsp3) is 0.533. The Morgan fingerprint density at radius 3 is 2.33 bits per heavy atom. The molecule has 1 aromatic rings. The van der Waals surface area contributed by atoms with E-state index in [0.29, 0.717) is 5.69 Å². The monoisotopic (exact) mass is 348 g/mol. The molecule has 0 spiro atoms. The molecule has 1 fully saturated rings. The van der Waals surface area contributed by atoms with Crippen molar-refractivity contribution in [2.45, 2.75) is 30.1 Å². The number of carbonyl (C=O) groups excluding carboxylic acids is 1. The molecule has 0 saturated carbocycles. The molecule has 1 aliphatic rings. The van der Waals surface area contributed by atoms with E-state index in [4.69, 9.17) is 34.8 Å². The first kappa shape index (κ1) is 16.9. The predicted octanol–water partition coefficient (Wildman–Crippen LogP) is 4.23. The number of hydrogen-bond acceptors (Lipinski definition) is 2. The molecule has 1 N–H and O–H groups in total. The molecule has 0 radical (unpaired) electrons. The molecule has 6 heteroatoms. The first-order valence-corrected chi connectivity index (χ1v) is 8.17. The van der Waals surface area contributed by atoms with Crippen LogP contribution in [0.4, 0.5) is 5.69 Å². The minimum absolute atomic E-state index is 0.627. The molecule has 2 rings (SSSR count). The number of piperidine rings is 1. The Hall–Kier alpha value is -0.480. The van der Waals surface area contributed by atoms with Crippen LogP contribution >= 0.6 is 34.8 Å². The van der Waals surface area contributed by atoms with Crippen molar-refractivity contribution in [3.05, 3.63) is 29.8 Å². The van der Waals surface area contributed by atoms with Crippen molar-refractivity contribution in [2.24, 2.45) is 5.92 Å². The predicted molar refractivity (Wildman–Crippen MR) is 89.0 cm³/mol. The zero-order valence-corrected chi connectivity index (χ0v) is 14.2. The molecule has 0 aromatic heterocycles. The van der Waals surface area contributed by atoms with Gasteiger partial charge in [-0.05, 0) is 49.5 Å². The van der Waals surface area contributed by atoms with Gasteiger partial charge in [-0.2, -0.15) is 0 Å². The number of carbonyl (C=O) groups is 1. The summed E-state index contributed by atoms with van der Waals surface area (Å²) < 4.78 is -1.94. The van der Waals surface area contributed by atoms with Crippen LogP contribution in [0.15, 0.2) is 24.3 Å². The highest BCUT2D eigenvalue weighted by Gasteiger charge is 2.30. The van der Waals surface area contributed by atoms with E-state index in [2.05, 4.69) is 17.1 Å². The van der Waals surface area contributed by atoms with E-state index in [9.17, 15) is 4.79 Å². The lowest BCUT2D eigenvalue weighted by atomic mass is 9.99. The van der Waals surface area contributed by atoms with Gasteiger partial charge in [0.25, 0.3) is 9.70 Å². The fourth-order valence-corrected chi connectivity index (χ4v) is 2.52. The zero-order chi connectivity index (χ0) is 15.5. The highest BCUT2D eigenvalue weighted by Crippen LogP contribution is 2.27. The van der Waals surface area contributed by atoms with Crippen molar-refractivity contribution in [3.8, 4) is 0 Å². The van der Waals surface area contributed by atoms with Gasteiger partial charge >= 0.3 is 0 Å². The van der Waals surface area contributed by atoms with E-state index in [1.165, 1.54) is 18.4 Å². The topological polar surface area (TPSA) is 32.3 Å². The summed E-state index contributed by atoms with van der Waals surface area (Å²) in [6, 6.07) is 7.64. The molecule has 1 aliphatic heterocycles. The third kappa shape index (κ3) is 5.33. The summed E-state index contributed by atoms with van der Waals surface area (Å²) in [5.41, 5.74) is 1.85. The summed E-state index contributed by atoms with van der Waals surface area (Å²) in [5.74, 6) is 0.186. The third-order valence-corrected chi connectivity index (χ3v) is 4.27. The van der Waals surface area contributed by atoms with Crippen LogP contribution in [-0.4, -0.2) is 27.7 Å². The Morgan fingerprint density at radius 2 is 1.81 bits per heavy atom.